The molecular weight excluding hydrogens is 324 g/mol. The van der Waals surface area contributed by atoms with Gasteiger partial charge in [0.25, 0.3) is 0 Å². The molecule has 2 rings (SSSR count). The number of benzene rings is 2. The summed E-state index contributed by atoms with van der Waals surface area (Å²) in [4.78, 5) is 14.9. The van der Waals surface area contributed by atoms with E-state index in [-0.39, 0.29) is 11.9 Å². The number of amides is 1. The molecule has 0 saturated heterocycles. The van der Waals surface area contributed by atoms with E-state index in [0.717, 1.165) is 17.7 Å². The van der Waals surface area contributed by atoms with Gasteiger partial charge in [-0.15, -0.1) is 0 Å². The summed E-state index contributed by atoms with van der Waals surface area (Å²) in [7, 11) is 5.71. The van der Waals surface area contributed by atoms with Crippen molar-refractivity contribution in [3.05, 3.63) is 65.7 Å². The number of hydrogen-bond acceptors (Lipinski definition) is 3. The Morgan fingerprint density at radius 2 is 1.69 bits per heavy atom. The fraction of sp³-hybridized carbons (Fsp3) is 0.409. The highest BCUT2D eigenvalue weighted by atomic mass is 16.5. The zero-order chi connectivity index (χ0) is 19.2. The third-order valence-electron chi connectivity index (χ3n) is 4.68. The van der Waals surface area contributed by atoms with Gasteiger partial charge in [-0.25, -0.2) is 0 Å². The Hall–Kier alpha value is -2.33. The lowest BCUT2D eigenvalue weighted by atomic mass is 9.84. The molecule has 0 radical (unpaired) electrons. The maximum Gasteiger partial charge on any atom is 0.226 e. The molecule has 140 valence electrons. The largest absolute Gasteiger partial charge is 0.497 e. The number of ether oxygens (including phenoxy) is 1. The number of nitrogens with one attached hydrogen (secondary N) is 1. The van der Waals surface area contributed by atoms with Crippen LogP contribution < -0.4 is 10.1 Å². The second-order valence-corrected chi connectivity index (χ2v) is 7.51. The molecule has 4 heteroatoms. The summed E-state index contributed by atoms with van der Waals surface area (Å²) in [5, 5.41) is 3.14. The van der Waals surface area contributed by atoms with E-state index < -0.39 is 5.41 Å². The Balaban J connectivity index is 2.01. The van der Waals surface area contributed by atoms with Gasteiger partial charge in [-0.05, 0) is 43.8 Å². The SMILES string of the molecule is COc1ccc(C(CNC(=O)C(C)(C)Cc2ccccc2)N(C)C)cc1. The highest BCUT2D eigenvalue weighted by molar-refractivity contribution is 5.82. The molecule has 2 aromatic rings. The molecule has 0 aromatic heterocycles. The van der Waals surface area contributed by atoms with Crippen LogP contribution in [0.25, 0.3) is 0 Å². The van der Waals surface area contributed by atoms with Crippen molar-refractivity contribution in [3.8, 4) is 5.75 Å². The molecule has 1 amide bonds. The van der Waals surface area contributed by atoms with E-state index in [1.165, 1.54) is 5.56 Å². The Morgan fingerprint density at radius 1 is 1.08 bits per heavy atom. The number of hydrogen-bond donors (Lipinski definition) is 1. The summed E-state index contributed by atoms with van der Waals surface area (Å²) in [6.45, 7) is 4.55. The van der Waals surface area contributed by atoms with Gasteiger partial charge in [0, 0.05) is 12.0 Å². The molecule has 0 saturated carbocycles. The summed E-state index contributed by atoms with van der Waals surface area (Å²) in [6.07, 6.45) is 0.717. The van der Waals surface area contributed by atoms with Gasteiger partial charge < -0.3 is 15.0 Å². The first-order valence-electron chi connectivity index (χ1n) is 8.96. The first-order chi connectivity index (χ1) is 12.3. The maximum absolute atomic E-state index is 12.8. The van der Waals surface area contributed by atoms with Crippen LogP contribution in [0, 0.1) is 5.41 Å². The van der Waals surface area contributed by atoms with E-state index in [1.54, 1.807) is 7.11 Å². The minimum atomic E-state index is -0.460. The second kappa shape index (κ2) is 8.86. The summed E-state index contributed by atoms with van der Waals surface area (Å²) >= 11 is 0. The van der Waals surface area contributed by atoms with Gasteiger partial charge >= 0.3 is 0 Å². The van der Waals surface area contributed by atoms with Crippen LogP contribution in [0.3, 0.4) is 0 Å². The van der Waals surface area contributed by atoms with Gasteiger partial charge in [-0.1, -0.05) is 56.3 Å². The van der Waals surface area contributed by atoms with E-state index in [2.05, 4.69) is 22.3 Å². The van der Waals surface area contributed by atoms with Gasteiger partial charge in [0.2, 0.25) is 5.91 Å². The fourth-order valence-electron chi connectivity index (χ4n) is 3.04. The third-order valence-corrected chi connectivity index (χ3v) is 4.68. The first-order valence-corrected chi connectivity index (χ1v) is 8.96. The smallest absolute Gasteiger partial charge is 0.226 e. The van der Waals surface area contributed by atoms with Crippen molar-refractivity contribution in [2.45, 2.75) is 26.3 Å². The molecule has 2 aromatic carbocycles. The van der Waals surface area contributed by atoms with Crippen molar-refractivity contribution in [1.29, 1.82) is 0 Å². The second-order valence-electron chi connectivity index (χ2n) is 7.51. The zero-order valence-electron chi connectivity index (χ0n) is 16.5. The van der Waals surface area contributed by atoms with E-state index in [0.29, 0.717) is 6.54 Å². The van der Waals surface area contributed by atoms with E-state index in [9.17, 15) is 4.79 Å². The predicted octanol–water partition coefficient (Wildman–Crippen LogP) is 3.68. The molecule has 0 aliphatic carbocycles. The minimum absolute atomic E-state index is 0.0710. The molecule has 0 aliphatic heterocycles. The summed E-state index contributed by atoms with van der Waals surface area (Å²) in [6, 6.07) is 18.2. The average molecular weight is 354 g/mol. The summed E-state index contributed by atoms with van der Waals surface area (Å²) in [5.74, 6) is 0.904. The van der Waals surface area contributed by atoms with Crippen molar-refractivity contribution in [1.82, 2.24) is 10.2 Å². The van der Waals surface area contributed by atoms with Gasteiger partial charge in [0.05, 0.1) is 13.2 Å². The van der Waals surface area contributed by atoms with Gasteiger partial charge in [-0.3, -0.25) is 4.79 Å². The number of methoxy groups -OCH3 is 1. The molecular formula is C22H30N2O2. The molecule has 26 heavy (non-hydrogen) atoms. The Morgan fingerprint density at radius 3 is 2.23 bits per heavy atom. The van der Waals surface area contributed by atoms with E-state index in [4.69, 9.17) is 4.74 Å². The molecule has 0 fully saturated rings. The zero-order valence-corrected chi connectivity index (χ0v) is 16.5. The standard InChI is InChI=1S/C22H30N2O2/c1-22(2,15-17-9-7-6-8-10-17)21(25)23-16-20(24(3)4)18-11-13-19(26-5)14-12-18/h6-14,20H,15-16H2,1-5H3,(H,23,25). The minimum Gasteiger partial charge on any atom is -0.497 e. The Labute approximate surface area is 157 Å². The van der Waals surface area contributed by atoms with Crippen LogP contribution in [0.1, 0.15) is 31.0 Å². The number of carbonyl (C=O) groups excluding carboxylic acids is 1. The molecule has 0 spiro atoms. The van der Waals surface area contributed by atoms with Crippen molar-refractivity contribution in [3.63, 3.8) is 0 Å². The monoisotopic (exact) mass is 354 g/mol. The molecule has 0 heterocycles. The van der Waals surface area contributed by atoms with Crippen LogP contribution in [0.15, 0.2) is 54.6 Å². The number of likely N-dealkylation sites (N-methyl/N-ethyl adjacent to an activating group) is 1. The van der Waals surface area contributed by atoms with Crippen molar-refractivity contribution in [2.75, 3.05) is 27.7 Å². The van der Waals surface area contributed by atoms with Crippen molar-refractivity contribution in [2.24, 2.45) is 5.41 Å². The third kappa shape index (κ3) is 5.33. The van der Waals surface area contributed by atoms with Crippen LogP contribution in [-0.4, -0.2) is 38.6 Å². The van der Waals surface area contributed by atoms with Crippen LogP contribution in [0.2, 0.25) is 0 Å². The molecule has 1 atom stereocenters. The predicted molar refractivity (Wildman–Crippen MR) is 106 cm³/mol. The molecule has 4 nitrogen and oxygen atoms in total. The average Bonchev–Trinajstić information content (AvgIpc) is 2.62. The quantitative estimate of drug-likeness (QED) is 0.786. The Kier molecular flexibility index (Phi) is 6.81. The molecule has 1 N–H and O–H groups in total. The van der Waals surface area contributed by atoms with Crippen LogP contribution >= 0.6 is 0 Å². The van der Waals surface area contributed by atoms with Crippen LogP contribution in [0.5, 0.6) is 5.75 Å². The van der Waals surface area contributed by atoms with E-state index >= 15 is 0 Å². The normalized spacial score (nSPS) is 12.7. The first kappa shape index (κ1) is 20.0. The van der Waals surface area contributed by atoms with Crippen LogP contribution in [0.4, 0.5) is 0 Å². The number of nitrogens with zero attached hydrogens (tertiary/aromatic N) is 1. The fourth-order valence-corrected chi connectivity index (χ4v) is 3.04. The molecule has 1 unspecified atom stereocenters. The maximum atomic E-state index is 12.8. The highest BCUT2D eigenvalue weighted by Crippen LogP contribution is 2.24. The lowest BCUT2D eigenvalue weighted by molar-refractivity contribution is -0.129. The molecule has 0 aliphatic rings. The number of carbonyl (C=O) groups is 1. The van der Waals surface area contributed by atoms with Gasteiger partial charge in [-0.2, -0.15) is 0 Å². The highest BCUT2D eigenvalue weighted by Gasteiger charge is 2.28. The van der Waals surface area contributed by atoms with Crippen molar-refractivity contribution < 1.29 is 9.53 Å². The van der Waals surface area contributed by atoms with E-state index in [1.807, 2.05) is 70.4 Å². The summed E-state index contributed by atoms with van der Waals surface area (Å²) < 4.78 is 5.23. The lowest BCUT2D eigenvalue weighted by Crippen LogP contribution is -2.42. The number of rotatable bonds is 8. The van der Waals surface area contributed by atoms with Crippen LogP contribution in [-0.2, 0) is 11.2 Å². The summed E-state index contributed by atoms with van der Waals surface area (Å²) in [5.41, 5.74) is 1.86. The van der Waals surface area contributed by atoms with Gasteiger partial charge in [0.15, 0.2) is 0 Å². The molecule has 0 bridgehead atoms. The Bertz CT molecular complexity index is 694. The topological polar surface area (TPSA) is 41.6 Å². The van der Waals surface area contributed by atoms with Gasteiger partial charge in [0.1, 0.15) is 5.75 Å². The lowest BCUT2D eigenvalue weighted by Gasteiger charge is -2.29. The van der Waals surface area contributed by atoms with Crippen molar-refractivity contribution >= 4 is 5.91 Å².